The molecule has 37 heavy (non-hydrogen) atoms. The SMILES string of the molecule is O=C(NCc1ccccc1Cl)C(Cc1ccccc1)N(Cc1ccccc1)C(=O)CCc1ccccc1. The van der Waals surface area contributed by atoms with Crippen LogP contribution in [0.2, 0.25) is 5.02 Å². The number of nitrogens with one attached hydrogen (secondary N) is 1. The van der Waals surface area contributed by atoms with Crippen LogP contribution in [0.25, 0.3) is 0 Å². The molecule has 1 N–H and O–H groups in total. The molecule has 1 unspecified atom stereocenters. The van der Waals surface area contributed by atoms with Crippen molar-refractivity contribution in [1.29, 1.82) is 0 Å². The predicted molar refractivity (Wildman–Crippen MR) is 149 cm³/mol. The molecule has 0 spiro atoms. The fourth-order valence-corrected chi connectivity index (χ4v) is 4.52. The van der Waals surface area contributed by atoms with Crippen molar-refractivity contribution in [2.45, 2.75) is 38.4 Å². The van der Waals surface area contributed by atoms with E-state index >= 15 is 0 Å². The molecule has 0 aliphatic carbocycles. The largest absolute Gasteiger partial charge is 0.350 e. The van der Waals surface area contributed by atoms with Crippen LogP contribution >= 0.6 is 11.6 Å². The van der Waals surface area contributed by atoms with Crippen LogP contribution in [0.15, 0.2) is 115 Å². The van der Waals surface area contributed by atoms with Crippen LogP contribution in [0.5, 0.6) is 0 Å². The molecule has 0 aliphatic rings. The monoisotopic (exact) mass is 510 g/mol. The third-order valence-electron chi connectivity index (χ3n) is 6.35. The lowest BCUT2D eigenvalue weighted by atomic mass is 10.0. The topological polar surface area (TPSA) is 49.4 Å². The number of amides is 2. The molecule has 0 saturated heterocycles. The molecule has 0 bridgehead atoms. The number of hydrogen-bond donors (Lipinski definition) is 1. The number of aryl methyl sites for hydroxylation is 1. The van der Waals surface area contributed by atoms with Crippen molar-refractivity contribution in [2.75, 3.05) is 0 Å². The second-order valence-corrected chi connectivity index (χ2v) is 9.41. The van der Waals surface area contributed by atoms with Crippen molar-refractivity contribution in [3.63, 3.8) is 0 Å². The second kappa shape index (κ2) is 13.4. The van der Waals surface area contributed by atoms with Gasteiger partial charge in [0.1, 0.15) is 6.04 Å². The zero-order chi connectivity index (χ0) is 25.9. The summed E-state index contributed by atoms with van der Waals surface area (Å²) in [6.07, 6.45) is 1.35. The van der Waals surface area contributed by atoms with E-state index in [4.69, 9.17) is 11.6 Å². The fourth-order valence-electron chi connectivity index (χ4n) is 4.32. The highest BCUT2D eigenvalue weighted by Crippen LogP contribution is 2.18. The first-order chi connectivity index (χ1) is 18.1. The Morgan fingerprint density at radius 2 is 1.24 bits per heavy atom. The highest BCUT2D eigenvalue weighted by atomic mass is 35.5. The Bertz CT molecular complexity index is 1280. The van der Waals surface area contributed by atoms with Crippen LogP contribution in [0.4, 0.5) is 0 Å². The van der Waals surface area contributed by atoms with Crippen molar-refractivity contribution >= 4 is 23.4 Å². The van der Waals surface area contributed by atoms with Gasteiger partial charge in [0, 0.05) is 31.0 Å². The first-order valence-electron chi connectivity index (χ1n) is 12.5. The van der Waals surface area contributed by atoms with Crippen LogP contribution in [0.1, 0.15) is 28.7 Å². The van der Waals surface area contributed by atoms with Gasteiger partial charge < -0.3 is 10.2 Å². The molecule has 0 saturated carbocycles. The summed E-state index contributed by atoms with van der Waals surface area (Å²) in [5, 5.41) is 3.64. The number of carbonyl (C=O) groups is 2. The number of benzene rings is 4. The van der Waals surface area contributed by atoms with Gasteiger partial charge in [-0.2, -0.15) is 0 Å². The van der Waals surface area contributed by atoms with Crippen LogP contribution < -0.4 is 5.32 Å². The Kier molecular flexibility index (Phi) is 9.50. The van der Waals surface area contributed by atoms with Crippen molar-refractivity contribution < 1.29 is 9.59 Å². The summed E-state index contributed by atoms with van der Waals surface area (Å²) in [6.45, 7) is 0.645. The van der Waals surface area contributed by atoms with Crippen molar-refractivity contribution in [2.24, 2.45) is 0 Å². The minimum atomic E-state index is -0.673. The zero-order valence-electron chi connectivity index (χ0n) is 20.7. The van der Waals surface area contributed by atoms with Crippen LogP contribution in [-0.2, 0) is 35.5 Å². The average Bonchev–Trinajstić information content (AvgIpc) is 2.94. The minimum absolute atomic E-state index is 0.0541. The van der Waals surface area contributed by atoms with Gasteiger partial charge in [-0.15, -0.1) is 0 Å². The molecule has 0 radical (unpaired) electrons. The minimum Gasteiger partial charge on any atom is -0.350 e. The number of rotatable bonds is 11. The standard InChI is InChI=1S/C32H31ClN2O2/c33-29-19-11-10-18-28(29)23-34-32(37)30(22-26-14-6-2-7-15-26)35(24-27-16-8-3-9-17-27)31(36)21-20-25-12-4-1-5-13-25/h1-19,30H,20-24H2,(H,34,37). The zero-order valence-corrected chi connectivity index (χ0v) is 21.5. The smallest absolute Gasteiger partial charge is 0.243 e. The van der Waals surface area contributed by atoms with Crippen molar-refractivity contribution in [3.8, 4) is 0 Å². The third kappa shape index (κ3) is 7.80. The molecule has 0 aromatic heterocycles. The molecule has 0 fully saturated rings. The predicted octanol–water partition coefficient (Wildman–Crippen LogP) is 6.23. The van der Waals surface area contributed by atoms with Gasteiger partial charge in [-0.05, 0) is 34.7 Å². The van der Waals surface area contributed by atoms with E-state index in [1.165, 1.54) is 0 Å². The maximum absolute atomic E-state index is 13.7. The van der Waals surface area contributed by atoms with E-state index < -0.39 is 6.04 Å². The van der Waals surface area contributed by atoms with Gasteiger partial charge >= 0.3 is 0 Å². The number of carbonyl (C=O) groups excluding carboxylic acids is 2. The van der Waals surface area contributed by atoms with E-state index in [1.807, 2.05) is 109 Å². The Labute approximate surface area is 223 Å². The van der Waals surface area contributed by atoms with E-state index in [1.54, 1.807) is 11.0 Å². The Morgan fingerprint density at radius 1 is 0.703 bits per heavy atom. The van der Waals surface area contributed by atoms with Gasteiger partial charge in [0.05, 0.1) is 0 Å². The van der Waals surface area contributed by atoms with Gasteiger partial charge in [-0.25, -0.2) is 0 Å². The highest BCUT2D eigenvalue weighted by Gasteiger charge is 2.30. The summed E-state index contributed by atoms with van der Waals surface area (Å²) in [5.41, 5.74) is 3.90. The van der Waals surface area contributed by atoms with Gasteiger partial charge in [-0.3, -0.25) is 9.59 Å². The van der Waals surface area contributed by atoms with E-state index in [-0.39, 0.29) is 11.8 Å². The lowest BCUT2D eigenvalue weighted by Crippen LogP contribution is -2.50. The molecule has 2 amide bonds. The van der Waals surface area contributed by atoms with Crippen molar-refractivity contribution in [1.82, 2.24) is 10.2 Å². The summed E-state index contributed by atoms with van der Waals surface area (Å²) in [4.78, 5) is 29.1. The average molecular weight is 511 g/mol. The van der Waals surface area contributed by atoms with Crippen LogP contribution in [-0.4, -0.2) is 22.8 Å². The van der Waals surface area contributed by atoms with E-state index in [2.05, 4.69) is 5.32 Å². The quantitative estimate of drug-likeness (QED) is 0.260. The molecule has 0 aliphatic heterocycles. The van der Waals surface area contributed by atoms with Gasteiger partial charge in [-0.1, -0.05) is 121 Å². The molecule has 4 rings (SSSR count). The Morgan fingerprint density at radius 3 is 1.86 bits per heavy atom. The fraction of sp³-hybridized carbons (Fsp3) is 0.188. The molecule has 1 atom stereocenters. The number of hydrogen-bond acceptors (Lipinski definition) is 2. The Balaban J connectivity index is 1.60. The van der Waals surface area contributed by atoms with E-state index in [9.17, 15) is 9.59 Å². The van der Waals surface area contributed by atoms with Crippen LogP contribution in [0, 0.1) is 0 Å². The summed E-state index contributed by atoms with van der Waals surface area (Å²) in [6, 6.07) is 36.4. The molecule has 4 aromatic rings. The molecular weight excluding hydrogens is 480 g/mol. The normalized spacial score (nSPS) is 11.5. The van der Waals surface area contributed by atoms with Gasteiger partial charge in [0.2, 0.25) is 11.8 Å². The first kappa shape index (κ1) is 26.2. The van der Waals surface area contributed by atoms with Gasteiger partial charge in [0.15, 0.2) is 0 Å². The molecule has 5 heteroatoms. The highest BCUT2D eigenvalue weighted by molar-refractivity contribution is 6.31. The summed E-state index contributed by atoms with van der Waals surface area (Å²) in [5.74, 6) is -0.255. The maximum Gasteiger partial charge on any atom is 0.243 e. The van der Waals surface area contributed by atoms with E-state index in [0.717, 1.165) is 22.3 Å². The molecule has 4 nitrogen and oxygen atoms in total. The van der Waals surface area contributed by atoms with E-state index in [0.29, 0.717) is 37.4 Å². The molecule has 0 heterocycles. The first-order valence-corrected chi connectivity index (χ1v) is 12.9. The molecule has 4 aromatic carbocycles. The Hall–Kier alpha value is -3.89. The molecule has 188 valence electrons. The molecular formula is C32H31ClN2O2. The maximum atomic E-state index is 13.7. The summed E-state index contributed by atoms with van der Waals surface area (Å²) >= 11 is 6.32. The number of nitrogens with zero attached hydrogens (tertiary/aromatic N) is 1. The van der Waals surface area contributed by atoms with Crippen LogP contribution in [0.3, 0.4) is 0 Å². The third-order valence-corrected chi connectivity index (χ3v) is 6.72. The van der Waals surface area contributed by atoms with Crippen molar-refractivity contribution in [3.05, 3.63) is 143 Å². The summed E-state index contributed by atoms with van der Waals surface area (Å²) in [7, 11) is 0. The van der Waals surface area contributed by atoms with Gasteiger partial charge in [0.25, 0.3) is 0 Å². The summed E-state index contributed by atoms with van der Waals surface area (Å²) < 4.78 is 0. The second-order valence-electron chi connectivity index (χ2n) is 9.01. The number of halogens is 1. The lowest BCUT2D eigenvalue weighted by molar-refractivity contribution is -0.141. The lowest BCUT2D eigenvalue weighted by Gasteiger charge is -2.32.